The second kappa shape index (κ2) is 8.64. The molecule has 1 unspecified atom stereocenters. The zero-order chi connectivity index (χ0) is 21.3. The molecule has 2 aromatic carbocycles. The number of amides is 1. The predicted molar refractivity (Wildman–Crippen MR) is 121 cm³/mol. The topological polar surface area (TPSA) is 47.6 Å². The predicted octanol–water partition coefficient (Wildman–Crippen LogP) is 3.89. The minimum absolute atomic E-state index is 0.133. The maximum Gasteiger partial charge on any atom is 0.247 e. The van der Waals surface area contributed by atoms with Crippen LogP contribution in [0.2, 0.25) is 0 Å². The fourth-order valence-corrected chi connectivity index (χ4v) is 4.63. The number of anilines is 3. The summed E-state index contributed by atoms with van der Waals surface area (Å²) in [6.45, 7) is 5.14. The molecule has 4 rings (SSSR count). The van der Waals surface area contributed by atoms with Gasteiger partial charge in [-0.3, -0.25) is 4.79 Å². The van der Waals surface area contributed by atoms with Crippen molar-refractivity contribution in [1.82, 2.24) is 4.90 Å². The lowest BCUT2D eigenvalue weighted by Crippen LogP contribution is -2.37. The minimum Gasteiger partial charge on any atom is -0.373 e. The number of nitrogens with zero attached hydrogens (tertiary/aromatic N) is 2. The summed E-state index contributed by atoms with van der Waals surface area (Å²) < 4.78 is 14.1. The standard InChI is InChI=1S/C24H31FN4O/c1-16-7-8-21(25)20-14-22(27-23(16)20)24(30)26-18-5-4-6-19(13-18)29-11-9-17(10-12-29)15-28(2)3/h4-8,13,17,22,27H,9-12,14-15H2,1-3H3,(H,26,30). The maximum atomic E-state index is 14.1. The molecule has 2 aliphatic rings. The molecule has 1 fully saturated rings. The van der Waals surface area contributed by atoms with Crippen LogP contribution >= 0.6 is 0 Å². The average molecular weight is 411 g/mol. The molecule has 2 aromatic rings. The Morgan fingerprint density at radius 3 is 2.70 bits per heavy atom. The second-order valence-electron chi connectivity index (χ2n) is 8.85. The Morgan fingerprint density at radius 2 is 2.00 bits per heavy atom. The smallest absolute Gasteiger partial charge is 0.247 e. The first-order valence-electron chi connectivity index (χ1n) is 10.8. The number of piperidine rings is 1. The molecular formula is C24H31FN4O. The molecule has 2 aliphatic heterocycles. The highest BCUT2D eigenvalue weighted by molar-refractivity contribution is 5.98. The van der Waals surface area contributed by atoms with Gasteiger partial charge in [0.2, 0.25) is 5.91 Å². The third kappa shape index (κ3) is 4.43. The number of hydrogen-bond donors (Lipinski definition) is 2. The molecule has 1 saturated heterocycles. The zero-order valence-electron chi connectivity index (χ0n) is 18.0. The van der Waals surface area contributed by atoms with Crippen LogP contribution < -0.4 is 15.5 Å². The van der Waals surface area contributed by atoms with Gasteiger partial charge in [0, 0.05) is 48.7 Å². The Kier molecular flexibility index (Phi) is 5.95. The van der Waals surface area contributed by atoms with Gasteiger partial charge in [0.15, 0.2) is 0 Å². The van der Waals surface area contributed by atoms with Crippen molar-refractivity contribution in [3.8, 4) is 0 Å². The minimum atomic E-state index is -0.457. The largest absolute Gasteiger partial charge is 0.373 e. The van der Waals surface area contributed by atoms with Gasteiger partial charge in [-0.15, -0.1) is 0 Å². The van der Waals surface area contributed by atoms with E-state index in [4.69, 9.17) is 0 Å². The van der Waals surface area contributed by atoms with E-state index in [9.17, 15) is 9.18 Å². The van der Waals surface area contributed by atoms with Gasteiger partial charge in [-0.1, -0.05) is 12.1 Å². The third-order valence-electron chi connectivity index (χ3n) is 6.22. The number of benzene rings is 2. The van der Waals surface area contributed by atoms with Crippen LogP contribution in [0, 0.1) is 18.7 Å². The Bertz CT molecular complexity index is 890. The number of halogens is 1. The van der Waals surface area contributed by atoms with E-state index < -0.39 is 6.04 Å². The van der Waals surface area contributed by atoms with Gasteiger partial charge >= 0.3 is 0 Å². The summed E-state index contributed by atoms with van der Waals surface area (Å²) in [7, 11) is 4.26. The summed E-state index contributed by atoms with van der Waals surface area (Å²) in [4.78, 5) is 17.5. The van der Waals surface area contributed by atoms with Gasteiger partial charge in [-0.25, -0.2) is 4.39 Å². The van der Waals surface area contributed by atoms with E-state index >= 15 is 0 Å². The van der Waals surface area contributed by atoms with Crippen molar-refractivity contribution in [2.24, 2.45) is 5.92 Å². The Hall–Kier alpha value is -2.60. The molecule has 0 spiro atoms. The van der Waals surface area contributed by atoms with Crippen LogP contribution in [0.5, 0.6) is 0 Å². The summed E-state index contributed by atoms with van der Waals surface area (Å²) in [6, 6.07) is 10.8. The molecule has 6 heteroatoms. The summed E-state index contributed by atoms with van der Waals surface area (Å²) in [5, 5.41) is 6.21. The van der Waals surface area contributed by atoms with Crippen molar-refractivity contribution in [2.45, 2.75) is 32.2 Å². The van der Waals surface area contributed by atoms with E-state index in [1.807, 2.05) is 25.1 Å². The Balaban J connectivity index is 1.38. The van der Waals surface area contributed by atoms with Gasteiger partial charge < -0.3 is 20.4 Å². The molecule has 1 atom stereocenters. The summed E-state index contributed by atoms with van der Waals surface area (Å²) >= 11 is 0. The number of hydrogen-bond acceptors (Lipinski definition) is 4. The van der Waals surface area contributed by atoms with E-state index in [0.29, 0.717) is 12.0 Å². The molecule has 0 aliphatic carbocycles. The maximum absolute atomic E-state index is 14.1. The monoisotopic (exact) mass is 410 g/mol. The van der Waals surface area contributed by atoms with Gasteiger partial charge in [0.05, 0.1) is 0 Å². The van der Waals surface area contributed by atoms with E-state index in [1.165, 1.54) is 18.9 Å². The highest BCUT2D eigenvalue weighted by Gasteiger charge is 2.30. The first-order chi connectivity index (χ1) is 14.4. The van der Waals surface area contributed by atoms with Crippen LogP contribution in [-0.2, 0) is 11.2 Å². The first-order valence-corrected chi connectivity index (χ1v) is 10.8. The van der Waals surface area contributed by atoms with E-state index in [-0.39, 0.29) is 11.7 Å². The molecule has 0 bridgehead atoms. The molecule has 0 saturated carbocycles. The van der Waals surface area contributed by atoms with Crippen molar-refractivity contribution in [2.75, 3.05) is 49.3 Å². The van der Waals surface area contributed by atoms with Crippen LogP contribution in [0.1, 0.15) is 24.0 Å². The molecule has 2 N–H and O–H groups in total. The van der Waals surface area contributed by atoms with Gasteiger partial charge in [0.1, 0.15) is 11.9 Å². The SMILES string of the molecule is Cc1ccc(F)c2c1NC(C(=O)Nc1cccc(N3CCC(CN(C)C)CC3)c1)C2. The van der Waals surface area contributed by atoms with Crippen LogP contribution in [0.25, 0.3) is 0 Å². The fourth-order valence-electron chi connectivity index (χ4n) is 4.63. The number of fused-ring (bicyclic) bond motifs is 1. The molecule has 5 nitrogen and oxygen atoms in total. The van der Waals surface area contributed by atoms with Gasteiger partial charge in [-0.2, -0.15) is 0 Å². The molecule has 0 radical (unpaired) electrons. The van der Waals surface area contributed by atoms with Gasteiger partial charge in [0.25, 0.3) is 0 Å². The van der Waals surface area contributed by atoms with E-state index in [2.05, 4.69) is 40.6 Å². The lowest BCUT2D eigenvalue weighted by molar-refractivity contribution is -0.116. The van der Waals surface area contributed by atoms with Gasteiger partial charge in [-0.05, 0) is 69.6 Å². The van der Waals surface area contributed by atoms with Crippen LogP contribution in [-0.4, -0.2) is 50.6 Å². The Labute approximate surface area is 178 Å². The summed E-state index contributed by atoms with van der Waals surface area (Å²) in [5.74, 6) is 0.364. The number of rotatable bonds is 5. The summed E-state index contributed by atoms with van der Waals surface area (Å²) in [5.41, 5.74) is 4.24. The first kappa shape index (κ1) is 20.7. The van der Waals surface area contributed by atoms with Crippen LogP contribution in [0.15, 0.2) is 36.4 Å². The molecule has 0 aromatic heterocycles. The average Bonchev–Trinajstić information content (AvgIpc) is 3.18. The lowest BCUT2D eigenvalue weighted by Gasteiger charge is -2.34. The van der Waals surface area contributed by atoms with Crippen molar-refractivity contribution in [1.29, 1.82) is 0 Å². The highest BCUT2D eigenvalue weighted by atomic mass is 19.1. The van der Waals surface area contributed by atoms with E-state index in [0.717, 1.165) is 48.2 Å². The fraction of sp³-hybridized carbons (Fsp3) is 0.458. The number of carbonyl (C=O) groups excluding carboxylic acids is 1. The van der Waals surface area contributed by atoms with Crippen LogP contribution in [0.4, 0.5) is 21.5 Å². The number of aryl methyl sites for hydroxylation is 1. The van der Waals surface area contributed by atoms with Crippen molar-refractivity contribution in [3.63, 3.8) is 0 Å². The molecule has 1 amide bonds. The third-order valence-corrected chi connectivity index (χ3v) is 6.22. The van der Waals surface area contributed by atoms with Crippen molar-refractivity contribution in [3.05, 3.63) is 53.3 Å². The normalized spacial score (nSPS) is 19.0. The van der Waals surface area contributed by atoms with Crippen molar-refractivity contribution >= 4 is 23.0 Å². The number of nitrogens with one attached hydrogen (secondary N) is 2. The summed E-state index contributed by atoms with van der Waals surface area (Å²) in [6.07, 6.45) is 2.74. The zero-order valence-corrected chi connectivity index (χ0v) is 18.0. The quantitative estimate of drug-likeness (QED) is 0.785. The van der Waals surface area contributed by atoms with Crippen LogP contribution in [0.3, 0.4) is 0 Å². The number of carbonyl (C=O) groups is 1. The highest BCUT2D eigenvalue weighted by Crippen LogP contribution is 2.32. The molecule has 160 valence electrons. The molecule has 2 heterocycles. The molecule has 30 heavy (non-hydrogen) atoms. The van der Waals surface area contributed by atoms with Crippen molar-refractivity contribution < 1.29 is 9.18 Å². The second-order valence-corrected chi connectivity index (χ2v) is 8.85. The van der Waals surface area contributed by atoms with E-state index in [1.54, 1.807) is 6.07 Å². The molecular weight excluding hydrogens is 379 g/mol. The Morgan fingerprint density at radius 1 is 1.23 bits per heavy atom. The lowest BCUT2D eigenvalue weighted by atomic mass is 9.96.